The highest BCUT2D eigenvalue weighted by atomic mass is 16.6. The van der Waals surface area contributed by atoms with Crippen LogP contribution in [0.15, 0.2) is 0 Å². The van der Waals surface area contributed by atoms with Gasteiger partial charge in [0.25, 0.3) is 12.9 Å². The molecule has 0 aromatic heterocycles. The van der Waals surface area contributed by atoms with Crippen LogP contribution in [0.3, 0.4) is 0 Å². The molecule has 2 unspecified atom stereocenters. The zero-order valence-electron chi connectivity index (χ0n) is 17.1. The molecule has 0 aliphatic heterocycles. The molecule has 0 aliphatic carbocycles. The van der Waals surface area contributed by atoms with Gasteiger partial charge in [0.1, 0.15) is 25.0 Å². The van der Waals surface area contributed by atoms with Crippen molar-refractivity contribution in [1.82, 2.24) is 0 Å². The lowest BCUT2D eigenvalue weighted by atomic mass is 9.93. The standard InChI is InChI=1S/C20H34O8/c1-3-5-7-9-11-27-19(23)17(13-25-15-21)18(14-26-16-22)20(24)28-12-10-8-6-4-2/h15-18H,3-14H2,1-2H3. The number of carbonyl (C=O) groups is 4. The van der Waals surface area contributed by atoms with E-state index in [4.69, 9.17) is 18.9 Å². The van der Waals surface area contributed by atoms with Crippen molar-refractivity contribution in [3.05, 3.63) is 0 Å². The summed E-state index contributed by atoms with van der Waals surface area (Å²) in [6, 6.07) is 0. The van der Waals surface area contributed by atoms with Crippen LogP contribution in [-0.2, 0) is 38.1 Å². The molecule has 0 saturated heterocycles. The predicted octanol–water partition coefficient (Wildman–Crippen LogP) is 2.81. The van der Waals surface area contributed by atoms with Crippen molar-refractivity contribution >= 4 is 24.9 Å². The summed E-state index contributed by atoms with van der Waals surface area (Å²) in [5, 5.41) is 0. The third kappa shape index (κ3) is 12.3. The third-order valence-corrected chi connectivity index (χ3v) is 4.26. The molecule has 0 spiro atoms. The van der Waals surface area contributed by atoms with Gasteiger partial charge in [0.2, 0.25) is 0 Å². The van der Waals surface area contributed by atoms with Gasteiger partial charge in [0.05, 0.1) is 13.2 Å². The van der Waals surface area contributed by atoms with Crippen molar-refractivity contribution < 1.29 is 38.1 Å². The van der Waals surface area contributed by atoms with Gasteiger partial charge in [-0.25, -0.2) is 0 Å². The second-order valence-electron chi connectivity index (χ2n) is 6.53. The zero-order chi connectivity index (χ0) is 21.0. The van der Waals surface area contributed by atoms with Gasteiger partial charge in [-0.3, -0.25) is 19.2 Å². The number of carbonyl (C=O) groups excluding carboxylic acids is 4. The zero-order valence-corrected chi connectivity index (χ0v) is 17.1. The Morgan fingerprint density at radius 3 is 1.39 bits per heavy atom. The SMILES string of the molecule is CCCCCCOC(=O)C(COC=O)C(COC=O)C(=O)OCCCCCC. The fraction of sp³-hybridized carbons (Fsp3) is 0.800. The molecular formula is C20H34O8. The first-order valence-electron chi connectivity index (χ1n) is 10.1. The van der Waals surface area contributed by atoms with Gasteiger partial charge in [0.15, 0.2) is 0 Å². The normalized spacial score (nSPS) is 12.5. The Hall–Kier alpha value is -2.12. The van der Waals surface area contributed by atoms with Crippen molar-refractivity contribution in [2.24, 2.45) is 11.8 Å². The lowest BCUT2D eigenvalue weighted by Crippen LogP contribution is -2.38. The van der Waals surface area contributed by atoms with Gasteiger partial charge in [-0.2, -0.15) is 0 Å². The highest BCUT2D eigenvalue weighted by Gasteiger charge is 2.37. The lowest BCUT2D eigenvalue weighted by Gasteiger charge is -2.23. The van der Waals surface area contributed by atoms with E-state index in [9.17, 15) is 19.2 Å². The predicted molar refractivity (Wildman–Crippen MR) is 101 cm³/mol. The average Bonchev–Trinajstić information content (AvgIpc) is 2.69. The van der Waals surface area contributed by atoms with Crippen molar-refractivity contribution in [3.8, 4) is 0 Å². The molecule has 28 heavy (non-hydrogen) atoms. The molecule has 0 rings (SSSR count). The number of ether oxygens (including phenoxy) is 4. The number of unbranched alkanes of at least 4 members (excludes halogenated alkanes) is 6. The van der Waals surface area contributed by atoms with E-state index in [-0.39, 0.29) is 39.4 Å². The molecule has 0 N–H and O–H groups in total. The van der Waals surface area contributed by atoms with Crippen LogP contribution in [0.1, 0.15) is 65.2 Å². The Labute approximate surface area is 167 Å². The molecule has 0 aliphatic rings. The molecule has 0 amide bonds. The first-order valence-corrected chi connectivity index (χ1v) is 10.1. The van der Waals surface area contributed by atoms with Gasteiger partial charge in [-0.1, -0.05) is 52.4 Å². The summed E-state index contributed by atoms with van der Waals surface area (Å²) in [5.74, 6) is -3.56. The van der Waals surface area contributed by atoms with Gasteiger partial charge in [0, 0.05) is 0 Å². The van der Waals surface area contributed by atoms with Crippen LogP contribution in [0.4, 0.5) is 0 Å². The summed E-state index contributed by atoms with van der Waals surface area (Å²) < 4.78 is 19.9. The molecule has 0 radical (unpaired) electrons. The van der Waals surface area contributed by atoms with Crippen LogP contribution in [0, 0.1) is 11.8 Å². The molecule has 8 heteroatoms. The fourth-order valence-electron chi connectivity index (χ4n) is 2.60. The maximum Gasteiger partial charge on any atom is 0.313 e. The molecule has 0 saturated carbocycles. The van der Waals surface area contributed by atoms with E-state index >= 15 is 0 Å². The van der Waals surface area contributed by atoms with E-state index in [2.05, 4.69) is 13.8 Å². The molecule has 8 nitrogen and oxygen atoms in total. The summed E-state index contributed by atoms with van der Waals surface area (Å²) in [4.78, 5) is 46.0. The van der Waals surface area contributed by atoms with Crippen LogP contribution in [0.5, 0.6) is 0 Å². The fourth-order valence-corrected chi connectivity index (χ4v) is 2.60. The topological polar surface area (TPSA) is 105 Å². The van der Waals surface area contributed by atoms with E-state index in [1.165, 1.54) is 0 Å². The Morgan fingerprint density at radius 2 is 1.07 bits per heavy atom. The second kappa shape index (κ2) is 18.3. The maximum atomic E-state index is 12.4. The first-order chi connectivity index (χ1) is 13.6. The van der Waals surface area contributed by atoms with Gasteiger partial charge >= 0.3 is 11.9 Å². The molecule has 0 aromatic carbocycles. The summed E-state index contributed by atoms with van der Waals surface area (Å²) >= 11 is 0. The van der Waals surface area contributed by atoms with E-state index < -0.39 is 23.8 Å². The highest BCUT2D eigenvalue weighted by molar-refractivity contribution is 5.82. The largest absolute Gasteiger partial charge is 0.467 e. The molecule has 162 valence electrons. The monoisotopic (exact) mass is 402 g/mol. The van der Waals surface area contributed by atoms with E-state index in [0.717, 1.165) is 38.5 Å². The van der Waals surface area contributed by atoms with E-state index in [0.29, 0.717) is 12.8 Å². The Morgan fingerprint density at radius 1 is 0.679 bits per heavy atom. The molecule has 0 fully saturated rings. The summed E-state index contributed by atoms with van der Waals surface area (Å²) in [6.45, 7) is 4.25. The van der Waals surface area contributed by atoms with Crippen LogP contribution in [0.2, 0.25) is 0 Å². The van der Waals surface area contributed by atoms with Crippen molar-refractivity contribution in [1.29, 1.82) is 0 Å². The number of esters is 2. The van der Waals surface area contributed by atoms with E-state index in [1.54, 1.807) is 0 Å². The molecular weight excluding hydrogens is 368 g/mol. The highest BCUT2D eigenvalue weighted by Crippen LogP contribution is 2.18. The first kappa shape index (κ1) is 25.9. The van der Waals surface area contributed by atoms with Crippen LogP contribution < -0.4 is 0 Å². The average molecular weight is 402 g/mol. The smallest absolute Gasteiger partial charge is 0.313 e. The number of hydrogen-bond acceptors (Lipinski definition) is 8. The minimum atomic E-state index is -1.10. The van der Waals surface area contributed by atoms with Crippen molar-refractivity contribution in [2.45, 2.75) is 65.2 Å². The minimum Gasteiger partial charge on any atom is -0.467 e. The van der Waals surface area contributed by atoms with Crippen molar-refractivity contribution in [3.63, 3.8) is 0 Å². The quantitative estimate of drug-likeness (QED) is 0.141. The molecule has 0 bridgehead atoms. The van der Waals surface area contributed by atoms with Crippen LogP contribution in [-0.4, -0.2) is 51.3 Å². The van der Waals surface area contributed by atoms with E-state index in [1.807, 2.05) is 0 Å². The van der Waals surface area contributed by atoms with Gasteiger partial charge in [-0.05, 0) is 12.8 Å². The number of hydrogen-bond donors (Lipinski definition) is 0. The molecule has 0 heterocycles. The number of rotatable bonds is 19. The van der Waals surface area contributed by atoms with Crippen LogP contribution >= 0.6 is 0 Å². The lowest BCUT2D eigenvalue weighted by molar-refractivity contribution is -0.167. The second-order valence-corrected chi connectivity index (χ2v) is 6.53. The summed E-state index contributed by atoms with van der Waals surface area (Å²) in [5.41, 5.74) is 0. The van der Waals surface area contributed by atoms with Crippen molar-refractivity contribution in [2.75, 3.05) is 26.4 Å². The third-order valence-electron chi connectivity index (χ3n) is 4.26. The van der Waals surface area contributed by atoms with Gasteiger partial charge < -0.3 is 18.9 Å². The summed E-state index contributed by atoms with van der Waals surface area (Å²) in [7, 11) is 0. The Balaban J connectivity index is 4.86. The molecule has 0 aromatic rings. The Bertz CT molecular complexity index is 398. The summed E-state index contributed by atoms with van der Waals surface area (Å²) in [6.07, 6.45) is 7.45. The van der Waals surface area contributed by atoms with Crippen LogP contribution in [0.25, 0.3) is 0 Å². The maximum absolute atomic E-state index is 12.4. The minimum absolute atomic E-state index is 0.190. The molecule has 2 atom stereocenters. The van der Waals surface area contributed by atoms with Gasteiger partial charge in [-0.15, -0.1) is 0 Å². The Kier molecular flexibility index (Phi) is 16.9.